The molecule has 7 heteroatoms. The molecule has 3 aromatic rings. The van der Waals surface area contributed by atoms with Gasteiger partial charge in [-0.2, -0.15) is 11.3 Å². The standard InChI is InChI=1S/C22H28N4OS2/c1-17-6-3-4-7-19(17)16-29-22-24-23-21(26(22)13-20-8-5-10-27-20)14-25(2)12-18-9-11-28-15-18/h3-4,6-7,9,11,15,20H,5,8,10,12-14,16H2,1-2H3. The van der Waals surface area contributed by atoms with Crippen LogP contribution in [-0.4, -0.2) is 39.4 Å². The molecule has 0 aliphatic carbocycles. The summed E-state index contributed by atoms with van der Waals surface area (Å²) in [7, 11) is 2.14. The number of benzene rings is 1. The second-order valence-corrected chi connectivity index (χ2v) is 9.39. The lowest BCUT2D eigenvalue weighted by Crippen LogP contribution is -2.23. The van der Waals surface area contributed by atoms with Gasteiger partial charge in [0.2, 0.25) is 0 Å². The number of hydrogen-bond acceptors (Lipinski definition) is 6. The maximum absolute atomic E-state index is 5.91. The lowest BCUT2D eigenvalue weighted by atomic mass is 10.1. The summed E-state index contributed by atoms with van der Waals surface area (Å²) in [5.41, 5.74) is 4.01. The van der Waals surface area contributed by atoms with Crippen molar-refractivity contribution in [3.63, 3.8) is 0 Å². The van der Waals surface area contributed by atoms with Gasteiger partial charge in [0.05, 0.1) is 19.2 Å². The van der Waals surface area contributed by atoms with Crippen molar-refractivity contribution in [1.82, 2.24) is 19.7 Å². The summed E-state index contributed by atoms with van der Waals surface area (Å²) >= 11 is 3.51. The lowest BCUT2D eigenvalue weighted by molar-refractivity contribution is 0.0934. The van der Waals surface area contributed by atoms with E-state index in [1.54, 1.807) is 23.1 Å². The molecule has 0 bridgehead atoms. The molecular weight excluding hydrogens is 400 g/mol. The van der Waals surface area contributed by atoms with Crippen LogP contribution in [0.25, 0.3) is 0 Å². The molecule has 1 aromatic carbocycles. The lowest BCUT2D eigenvalue weighted by Gasteiger charge is -2.18. The number of thiophene rings is 1. The first-order valence-corrected chi connectivity index (χ1v) is 12.0. The maximum atomic E-state index is 5.91. The highest BCUT2D eigenvalue weighted by atomic mass is 32.2. The first kappa shape index (κ1) is 20.6. The van der Waals surface area contributed by atoms with E-state index in [-0.39, 0.29) is 6.10 Å². The van der Waals surface area contributed by atoms with Crippen LogP contribution in [0.15, 0.2) is 46.2 Å². The zero-order valence-electron chi connectivity index (χ0n) is 17.1. The van der Waals surface area contributed by atoms with Crippen LogP contribution in [0.1, 0.15) is 35.4 Å². The maximum Gasteiger partial charge on any atom is 0.191 e. The highest BCUT2D eigenvalue weighted by Crippen LogP contribution is 2.26. The smallest absolute Gasteiger partial charge is 0.191 e. The zero-order valence-corrected chi connectivity index (χ0v) is 18.7. The quantitative estimate of drug-likeness (QED) is 0.460. The molecule has 0 radical (unpaired) electrons. The Morgan fingerprint density at radius 1 is 1.24 bits per heavy atom. The molecule has 5 nitrogen and oxygen atoms in total. The molecule has 1 unspecified atom stereocenters. The van der Waals surface area contributed by atoms with E-state index in [1.165, 1.54) is 16.7 Å². The number of thioether (sulfide) groups is 1. The molecule has 0 spiro atoms. The minimum atomic E-state index is 0.268. The van der Waals surface area contributed by atoms with Gasteiger partial charge in [-0.15, -0.1) is 10.2 Å². The first-order chi connectivity index (χ1) is 14.2. The van der Waals surface area contributed by atoms with Gasteiger partial charge >= 0.3 is 0 Å². The Hall–Kier alpha value is -1.67. The minimum Gasteiger partial charge on any atom is -0.376 e. The number of aromatic nitrogens is 3. The van der Waals surface area contributed by atoms with Crippen LogP contribution in [0.5, 0.6) is 0 Å². The molecule has 1 aliphatic heterocycles. The van der Waals surface area contributed by atoms with Gasteiger partial charge < -0.3 is 9.30 Å². The van der Waals surface area contributed by atoms with Crippen LogP contribution in [0.4, 0.5) is 0 Å². The Balaban J connectivity index is 1.48. The molecule has 154 valence electrons. The summed E-state index contributed by atoms with van der Waals surface area (Å²) in [6, 6.07) is 10.7. The zero-order chi connectivity index (χ0) is 20.1. The van der Waals surface area contributed by atoms with Crippen molar-refractivity contribution in [2.45, 2.75) is 56.4 Å². The van der Waals surface area contributed by atoms with E-state index in [1.807, 2.05) is 0 Å². The largest absolute Gasteiger partial charge is 0.376 e. The molecule has 1 saturated heterocycles. The molecule has 29 heavy (non-hydrogen) atoms. The van der Waals surface area contributed by atoms with Crippen molar-refractivity contribution < 1.29 is 4.74 Å². The van der Waals surface area contributed by atoms with Crippen LogP contribution in [0, 0.1) is 6.92 Å². The van der Waals surface area contributed by atoms with Crippen LogP contribution < -0.4 is 0 Å². The summed E-state index contributed by atoms with van der Waals surface area (Å²) in [5.74, 6) is 1.92. The molecule has 1 aliphatic rings. The second kappa shape index (κ2) is 9.89. The van der Waals surface area contributed by atoms with Crippen molar-refractivity contribution in [3.8, 4) is 0 Å². The Bertz CT molecular complexity index is 903. The highest BCUT2D eigenvalue weighted by Gasteiger charge is 2.22. The van der Waals surface area contributed by atoms with Gasteiger partial charge in [0, 0.05) is 18.9 Å². The molecule has 0 N–H and O–H groups in total. The summed E-state index contributed by atoms with van der Waals surface area (Å²) in [4.78, 5) is 2.30. The highest BCUT2D eigenvalue weighted by molar-refractivity contribution is 7.98. The van der Waals surface area contributed by atoms with Crippen molar-refractivity contribution in [3.05, 3.63) is 63.6 Å². The topological polar surface area (TPSA) is 43.2 Å². The normalized spacial score (nSPS) is 16.7. The van der Waals surface area contributed by atoms with E-state index < -0.39 is 0 Å². The second-order valence-electron chi connectivity index (χ2n) is 7.66. The van der Waals surface area contributed by atoms with Crippen molar-refractivity contribution in [2.24, 2.45) is 0 Å². The van der Waals surface area contributed by atoms with E-state index >= 15 is 0 Å². The Morgan fingerprint density at radius 2 is 2.14 bits per heavy atom. The fourth-order valence-electron chi connectivity index (χ4n) is 3.62. The van der Waals surface area contributed by atoms with Gasteiger partial charge in [-0.25, -0.2) is 0 Å². The van der Waals surface area contributed by atoms with Gasteiger partial charge in [0.25, 0.3) is 0 Å². The molecule has 3 heterocycles. The fourth-order valence-corrected chi connectivity index (χ4v) is 5.33. The predicted octanol–water partition coefficient (Wildman–Crippen LogP) is 4.75. The van der Waals surface area contributed by atoms with Gasteiger partial charge in [0.1, 0.15) is 5.82 Å². The van der Waals surface area contributed by atoms with E-state index in [2.05, 4.69) is 74.7 Å². The molecule has 0 amide bonds. The third kappa shape index (κ3) is 5.48. The monoisotopic (exact) mass is 428 g/mol. The van der Waals surface area contributed by atoms with E-state index in [4.69, 9.17) is 4.74 Å². The van der Waals surface area contributed by atoms with Gasteiger partial charge in [-0.3, -0.25) is 4.90 Å². The fraction of sp³-hybridized carbons (Fsp3) is 0.455. The Kier molecular flexibility index (Phi) is 7.02. The molecule has 4 rings (SSSR count). The van der Waals surface area contributed by atoms with Crippen LogP contribution in [0.3, 0.4) is 0 Å². The van der Waals surface area contributed by atoms with Crippen molar-refractivity contribution in [2.75, 3.05) is 13.7 Å². The third-order valence-corrected chi connectivity index (χ3v) is 7.01. The summed E-state index contributed by atoms with van der Waals surface area (Å²) in [6.07, 6.45) is 2.53. The minimum absolute atomic E-state index is 0.268. The molecule has 2 aromatic heterocycles. The molecule has 1 atom stereocenters. The van der Waals surface area contributed by atoms with Crippen molar-refractivity contribution in [1.29, 1.82) is 0 Å². The van der Waals surface area contributed by atoms with Gasteiger partial charge in [0.15, 0.2) is 5.16 Å². The van der Waals surface area contributed by atoms with E-state index in [9.17, 15) is 0 Å². The molecule has 1 fully saturated rings. The number of rotatable bonds is 9. The molecular formula is C22H28N4OS2. The van der Waals surface area contributed by atoms with E-state index in [0.717, 1.165) is 55.8 Å². The summed E-state index contributed by atoms with van der Waals surface area (Å²) in [5, 5.41) is 14.4. The average molecular weight is 429 g/mol. The number of hydrogen-bond donors (Lipinski definition) is 0. The number of nitrogens with zero attached hydrogens (tertiary/aromatic N) is 4. The summed E-state index contributed by atoms with van der Waals surface area (Å²) in [6.45, 7) is 5.57. The van der Waals surface area contributed by atoms with Gasteiger partial charge in [-0.1, -0.05) is 36.0 Å². The Morgan fingerprint density at radius 3 is 2.90 bits per heavy atom. The predicted molar refractivity (Wildman–Crippen MR) is 119 cm³/mol. The van der Waals surface area contributed by atoms with Gasteiger partial charge in [-0.05, 0) is 60.3 Å². The Labute approximate surface area is 181 Å². The van der Waals surface area contributed by atoms with Crippen LogP contribution >= 0.6 is 23.1 Å². The third-order valence-electron chi connectivity index (χ3n) is 5.27. The SMILES string of the molecule is Cc1ccccc1CSc1nnc(CN(C)Cc2ccsc2)n1CC1CCCO1. The van der Waals surface area contributed by atoms with Crippen LogP contribution in [0.2, 0.25) is 0 Å². The average Bonchev–Trinajstić information content (AvgIpc) is 3.46. The molecule has 0 saturated carbocycles. The van der Waals surface area contributed by atoms with E-state index in [0.29, 0.717) is 0 Å². The first-order valence-electron chi connectivity index (χ1n) is 10.1. The number of ether oxygens (including phenoxy) is 1. The van der Waals surface area contributed by atoms with Crippen molar-refractivity contribution >= 4 is 23.1 Å². The van der Waals surface area contributed by atoms with Crippen LogP contribution in [-0.2, 0) is 30.1 Å². The number of aryl methyl sites for hydroxylation is 1. The summed E-state index contributed by atoms with van der Waals surface area (Å²) < 4.78 is 8.19.